The third kappa shape index (κ3) is 8.31. The molecule has 58 valence electrons. The SMILES string of the molecule is C[C]([CaH])=CCC/C(C)=C\C=O. The number of carbonyl (C=O) groups is 1. The third-order valence-electron chi connectivity index (χ3n) is 1.44. The summed E-state index contributed by atoms with van der Waals surface area (Å²) in [6.07, 6.45) is 6.87. The first kappa shape index (κ1) is 11.4. The molecule has 0 N–H and O–H groups in total. The Balaban J connectivity index is 3.63. The van der Waals surface area contributed by atoms with E-state index in [4.69, 9.17) is 0 Å². The number of hydrogen-bond donors (Lipinski definition) is 0. The normalized spacial score (nSPS) is 13.2. The van der Waals surface area contributed by atoms with Crippen molar-refractivity contribution in [1.82, 2.24) is 0 Å². The van der Waals surface area contributed by atoms with E-state index in [1.165, 1.54) is 7.24 Å². The molecule has 1 nitrogen and oxygen atoms in total. The van der Waals surface area contributed by atoms with Crippen LogP contribution in [0.5, 0.6) is 0 Å². The second-order valence-electron chi connectivity index (χ2n) is 2.97. The minimum atomic E-state index is 0.829. The fourth-order valence-corrected chi connectivity index (χ4v) is 1.24. The number of carbonyl (C=O) groups excluding carboxylic acids is 1. The summed E-state index contributed by atoms with van der Waals surface area (Å²) in [5.74, 6) is 0. The van der Waals surface area contributed by atoms with E-state index in [9.17, 15) is 4.79 Å². The van der Waals surface area contributed by atoms with Crippen molar-refractivity contribution in [2.75, 3.05) is 0 Å². The predicted octanol–water partition coefficient (Wildman–Crippen LogP) is 1.72. The van der Waals surface area contributed by atoms with Gasteiger partial charge in [-0.1, -0.05) is 0 Å². The quantitative estimate of drug-likeness (QED) is 0.364. The van der Waals surface area contributed by atoms with Crippen molar-refractivity contribution < 1.29 is 4.79 Å². The molecule has 0 aliphatic heterocycles. The van der Waals surface area contributed by atoms with Gasteiger partial charge in [0.2, 0.25) is 0 Å². The summed E-state index contributed by atoms with van der Waals surface area (Å²) in [6, 6.07) is 0. The Kier molecular flexibility index (Phi) is 7.34. The van der Waals surface area contributed by atoms with Gasteiger partial charge in [-0.3, -0.25) is 0 Å². The van der Waals surface area contributed by atoms with Gasteiger partial charge in [0.05, 0.1) is 0 Å². The van der Waals surface area contributed by atoms with Crippen LogP contribution in [0, 0.1) is 0 Å². The summed E-state index contributed by atoms with van der Waals surface area (Å²) in [4.78, 5) is 10.0. The van der Waals surface area contributed by atoms with E-state index in [2.05, 4.69) is 13.0 Å². The van der Waals surface area contributed by atoms with Crippen molar-refractivity contribution in [2.45, 2.75) is 26.7 Å². The first-order valence-electron chi connectivity index (χ1n) is 3.91. The molecule has 0 radical (unpaired) electrons. The van der Waals surface area contributed by atoms with Crippen molar-refractivity contribution >= 4 is 42.1 Å². The summed E-state index contributed by atoms with van der Waals surface area (Å²) < 4.78 is 1.52. The molecule has 0 spiro atoms. The van der Waals surface area contributed by atoms with Crippen molar-refractivity contribution in [3.8, 4) is 0 Å². The Morgan fingerprint density at radius 3 is 2.55 bits per heavy atom. The zero-order valence-corrected chi connectivity index (χ0v) is 10.7. The second kappa shape index (κ2) is 7.08. The zero-order chi connectivity index (χ0) is 8.69. The monoisotopic (exact) mass is 178 g/mol. The minimum absolute atomic E-state index is 0.829. The van der Waals surface area contributed by atoms with Gasteiger partial charge in [0.15, 0.2) is 0 Å². The molecule has 0 saturated heterocycles. The van der Waals surface area contributed by atoms with Crippen LogP contribution < -0.4 is 0 Å². The van der Waals surface area contributed by atoms with Crippen LogP contribution in [0.25, 0.3) is 0 Å². The molecule has 0 aliphatic carbocycles. The van der Waals surface area contributed by atoms with Crippen molar-refractivity contribution in [3.05, 3.63) is 19.4 Å². The summed E-state index contributed by atoms with van der Waals surface area (Å²) >= 11 is 0.829. The maximum absolute atomic E-state index is 10.0. The molecular formula is C9H14CaO. The molecule has 0 rings (SSSR count). The number of allylic oxidation sites excluding steroid dienone is 4. The van der Waals surface area contributed by atoms with Crippen LogP contribution in [0.15, 0.2) is 19.4 Å². The Morgan fingerprint density at radius 1 is 1.45 bits per heavy atom. The number of aldehydes is 1. The fourth-order valence-electron chi connectivity index (χ4n) is 0.788. The van der Waals surface area contributed by atoms with Crippen molar-refractivity contribution in [2.24, 2.45) is 0 Å². The zero-order valence-electron chi connectivity index (χ0n) is 7.55. The van der Waals surface area contributed by atoms with Crippen LogP contribution in [-0.4, -0.2) is 42.1 Å². The maximum atomic E-state index is 10.0. The van der Waals surface area contributed by atoms with Gasteiger partial charge in [-0.15, -0.1) is 0 Å². The Bertz CT molecular complexity index is 176. The molecule has 0 fully saturated rings. The van der Waals surface area contributed by atoms with Crippen molar-refractivity contribution in [1.29, 1.82) is 0 Å². The average Bonchev–Trinajstić information content (AvgIpc) is 1.87. The standard InChI is InChI=1S/C9H13O.Ca.H/c1-3-4-5-6-9(2)7-8-10;;/h4,7-8H,5-6H2,1-2H3;;/b4-3?,9-7-;;. The van der Waals surface area contributed by atoms with Crippen LogP contribution in [0.3, 0.4) is 0 Å². The molecule has 0 unspecified atom stereocenters. The van der Waals surface area contributed by atoms with Gasteiger partial charge in [0, 0.05) is 0 Å². The molecule has 0 atom stereocenters. The van der Waals surface area contributed by atoms with E-state index in [0.29, 0.717) is 0 Å². The first-order valence-corrected chi connectivity index (χ1v) is 5.47. The molecule has 0 bridgehead atoms. The van der Waals surface area contributed by atoms with E-state index in [0.717, 1.165) is 54.9 Å². The summed E-state index contributed by atoms with van der Waals surface area (Å²) in [7, 11) is 0. The van der Waals surface area contributed by atoms with Crippen LogP contribution in [0.4, 0.5) is 0 Å². The van der Waals surface area contributed by atoms with Gasteiger partial charge >= 0.3 is 93.0 Å². The molecule has 0 aromatic heterocycles. The molecule has 0 heterocycles. The van der Waals surface area contributed by atoms with Gasteiger partial charge < -0.3 is 0 Å². The summed E-state index contributed by atoms with van der Waals surface area (Å²) in [5.41, 5.74) is 1.17. The van der Waals surface area contributed by atoms with E-state index in [1.54, 1.807) is 6.08 Å². The first-order chi connectivity index (χ1) is 5.16. The molecule has 0 aliphatic rings. The number of hydrogen-bond acceptors (Lipinski definition) is 1. The predicted molar refractivity (Wildman–Crippen MR) is 50.0 cm³/mol. The molecule has 0 saturated carbocycles. The summed E-state index contributed by atoms with van der Waals surface area (Å²) in [5, 5.41) is 0. The van der Waals surface area contributed by atoms with Crippen LogP contribution in [-0.2, 0) is 4.79 Å². The van der Waals surface area contributed by atoms with E-state index in [-0.39, 0.29) is 0 Å². The van der Waals surface area contributed by atoms with E-state index in [1.807, 2.05) is 6.92 Å². The van der Waals surface area contributed by atoms with Crippen LogP contribution in [0.1, 0.15) is 26.7 Å². The molecule has 11 heavy (non-hydrogen) atoms. The van der Waals surface area contributed by atoms with Crippen LogP contribution in [0.2, 0.25) is 0 Å². The Hall–Kier alpha value is 0.410. The van der Waals surface area contributed by atoms with Gasteiger partial charge in [-0.25, -0.2) is 0 Å². The third-order valence-corrected chi connectivity index (χ3v) is 2.08. The molecule has 0 aromatic carbocycles. The van der Waals surface area contributed by atoms with Crippen molar-refractivity contribution in [3.63, 3.8) is 0 Å². The van der Waals surface area contributed by atoms with Gasteiger partial charge in [0.1, 0.15) is 0 Å². The van der Waals surface area contributed by atoms with Gasteiger partial charge in [0.25, 0.3) is 0 Å². The second-order valence-corrected chi connectivity index (χ2v) is 5.43. The molecule has 0 amide bonds. The van der Waals surface area contributed by atoms with E-state index >= 15 is 0 Å². The summed E-state index contributed by atoms with van der Waals surface area (Å²) in [6.45, 7) is 4.16. The Morgan fingerprint density at radius 2 is 2.09 bits per heavy atom. The average molecular weight is 178 g/mol. The fraction of sp³-hybridized carbons (Fsp3) is 0.444. The topological polar surface area (TPSA) is 17.1 Å². The molecule has 2 heteroatoms. The number of rotatable bonds is 4. The van der Waals surface area contributed by atoms with Gasteiger partial charge in [-0.05, 0) is 0 Å². The van der Waals surface area contributed by atoms with E-state index < -0.39 is 0 Å². The van der Waals surface area contributed by atoms with Crippen LogP contribution >= 0.6 is 0 Å². The molecular weight excluding hydrogens is 164 g/mol. The molecule has 0 aromatic rings. The Labute approximate surface area is 92.2 Å². The van der Waals surface area contributed by atoms with Gasteiger partial charge in [-0.2, -0.15) is 0 Å².